The summed E-state index contributed by atoms with van der Waals surface area (Å²) in [4.78, 5) is 6.33. The van der Waals surface area contributed by atoms with Crippen molar-refractivity contribution >= 4 is 51.6 Å². The molecule has 0 aliphatic heterocycles. The molecule has 1 aromatic carbocycles. The number of benzene rings is 1. The van der Waals surface area contributed by atoms with Crippen molar-refractivity contribution in [2.75, 3.05) is 33.7 Å². The first-order valence-corrected chi connectivity index (χ1v) is 9.54. The summed E-state index contributed by atoms with van der Waals surface area (Å²) in [6.07, 6.45) is 3.82. The zero-order valence-corrected chi connectivity index (χ0v) is 18.4. The first-order valence-electron chi connectivity index (χ1n) is 7.68. The van der Waals surface area contributed by atoms with Gasteiger partial charge in [0.15, 0.2) is 5.96 Å². The minimum absolute atomic E-state index is 0. The first kappa shape index (κ1) is 24.2. The molecular formula is C16H26ClIN4O2S. The number of nitrogens with zero attached hydrogens (tertiary/aromatic N) is 2. The third kappa shape index (κ3) is 8.89. The molecule has 9 heteroatoms. The number of allylic oxidation sites excluding steroid dienone is 1. The zero-order valence-electron chi connectivity index (χ0n) is 14.5. The van der Waals surface area contributed by atoms with Crippen LogP contribution in [-0.2, 0) is 10.0 Å². The Hall–Kier alpha value is -0.840. The van der Waals surface area contributed by atoms with E-state index in [4.69, 9.17) is 11.6 Å². The number of nitrogens with one attached hydrogen (secondary N) is 2. The second-order valence-corrected chi connectivity index (χ2v) is 7.38. The molecule has 0 heterocycles. The predicted molar refractivity (Wildman–Crippen MR) is 115 cm³/mol. The van der Waals surface area contributed by atoms with Gasteiger partial charge in [-0.15, -0.1) is 30.6 Å². The molecule has 2 N–H and O–H groups in total. The van der Waals surface area contributed by atoms with E-state index in [1.807, 2.05) is 18.0 Å². The first-order chi connectivity index (χ1) is 11.4. The number of aliphatic imine (C=N–C) groups is 1. The smallest absolute Gasteiger partial charge is 0.240 e. The maximum atomic E-state index is 12.2. The molecule has 0 radical (unpaired) electrons. The number of rotatable bonds is 9. The van der Waals surface area contributed by atoms with E-state index >= 15 is 0 Å². The van der Waals surface area contributed by atoms with E-state index in [2.05, 4.69) is 21.6 Å². The van der Waals surface area contributed by atoms with E-state index < -0.39 is 10.0 Å². The largest absolute Gasteiger partial charge is 0.355 e. The monoisotopic (exact) mass is 500 g/mol. The van der Waals surface area contributed by atoms with Gasteiger partial charge in [0, 0.05) is 38.8 Å². The molecule has 142 valence electrons. The van der Waals surface area contributed by atoms with Gasteiger partial charge in [0.25, 0.3) is 0 Å². The lowest BCUT2D eigenvalue weighted by atomic mass is 10.3. The highest BCUT2D eigenvalue weighted by molar-refractivity contribution is 14.0. The molecule has 0 aliphatic rings. The average molecular weight is 501 g/mol. The maximum Gasteiger partial charge on any atom is 0.240 e. The van der Waals surface area contributed by atoms with Crippen LogP contribution >= 0.6 is 35.6 Å². The van der Waals surface area contributed by atoms with Gasteiger partial charge in [-0.05, 0) is 31.0 Å². The second-order valence-electron chi connectivity index (χ2n) is 5.18. The van der Waals surface area contributed by atoms with Crippen LogP contribution in [0.3, 0.4) is 0 Å². The minimum atomic E-state index is -3.56. The predicted octanol–water partition coefficient (Wildman–Crippen LogP) is 2.71. The summed E-state index contributed by atoms with van der Waals surface area (Å²) in [5.74, 6) is 0.723. The van der Waals surface area contributed by atoms with Crippen molar-refractivity contribution in [2.24, 2.45) is 4.99 Å². The van der Waals surface area contributed by atoms with Gasteiger partial charge in [-0.25, -0.2) is 13.1 Å². The van der Waals surface area contributed by atoms with Crippen LogP contribution in [0.25, 0.3) is 0 Å². The van der Waals surface area contributed by atoms with E-state index in [-0.39, 0.29) is 35.4 Å². The molecule has 25 heavy (non-hydrogen) atoms. The third-order valence-electron chi connectivity index (χ3n) is 3.28. The van der Waals surface area contributed by atoms with E-state index in [9.17, 15) is 8.42 Å². The molecule has 0 saturated carbocycles. The standard InChI is InChI=1S/C16H25ClN4O2S.HI/c1-4-5-6-12-21(3)16(18-2)19-10-11-20-24(22,23)15-9-7-8-14(17)13-15;/h4,7-9,13,20H,1,5-6,10-12H2,2-3H3,(H,18,19);1H. The van der Waals surface area contributed by atoms with Crippen LogP contribution in [-0.4, -0.2) is 53.0 Å². The summed E-state index contributed by atoms with van der Waals surface area (Å²) in [7, 11) is 0.0717. The number of hydrogen-bond donors (Lipinski definition) is 2. The van der Waals surface area contributed by atoms with Crippen molar-refractivity contribution in [1.82, 2.24) is 14.9 Å². The molecule has 1 rings (SSSR count). The second kappa shape index (κ2) is 12.5. The molecule has 0 saturated heterocycles. The van der Waals surface area contributed by atoms with Crippen LogP contribution in [0, 0.1) is 0 Å². The quantitative estimate of drug-likeness (QED) is 0.180. The van der Waals surface area contributed by atoms with Gasteiger partial charge in [0.1, 0.15) is 0 Å². The summed E-state index contributed by atoms with van der Waals surface area (Å²) in [5, 5.41) is 3.52. The van der Waals surface area contributed by atoms with Crippen molar-refractivity contribution in [2.45, 2.75) is 17.7 Å². The Morgan fingerprint density at radius 3 is 2.72 bits per heavy atom. The van der Waals surface area contributed by atoms with E-state index in [0.717, 1.165) is 25.3 Å². The van der Waals surface area contributed by atoms with Crippen LogP contribution in [0.4, 0.5) is 0 Å². The van der Waals surface area contributed by atoms with Gasteiger partial charge in [-0.3, -0.25) is 4.99 Å². The normalized spacial score (nSPS) is 11.6. The molecular weight excluding hydrogens is 475 g/mol. The topological polar surface area (TPSA) is 73.8 Å². The van der Waals surface area contributed by atoms with Gasteiger partial charge < -0.3 is 10.2 Å². The Kier molecular flexibility index (Phi) is 12.1. The minimum Gasteiger partial charge on any atom is -0.355 e. The number of sulfonamides is 1. The average Bonchev–Trinajstić information content (AvgIpc) is 2.55. The van der Waals surface area contributed by atoms with Crippen molar-refractivity contribution in [3.63, 3.8) is 0 Å². The van der Waals surface area contributed by atoms with Gasteiger partial charge in [0.05, 0.1) is 4.90 Å². The number of unbranched alkanes of at least 4 members (excludes halogenated alkanes) is 1. The molecule has 1 aromatic rings. The van der Waals surface area contributed by atoms with Crippen LogP contribution in [0.2, 0.25) is 5.02 Å². The highest BCUT2D eigenvalue weighted by Crippen LogP contribution is 2.14. The fourth-order valence-corrected chi connectivity index (χ4v) is 3.37. The summed E-state index contributed by atoms with van der Waals surface area (Å²) in [6.45, 7) is 5.22. The number of hydrogen-bond acceptors (Lipinski definition) is 3. The van der Waals surface area contributed by atoms with E-state index in [0.29, 0.717) is 11.6 Å². The third-order valence-corrected chi connectivity index (χ3v) is 4.98. The Morgan fingerprint density at radius 1 is 1.40 bits per heavy atom. The summed E-state index contributed by atoms with van der Waals surface area (Å²) < 4.78 is 26.9. The molecule has 6 nitrogen and oxygen atoms in total. The molecule has 0 spiro atoms. The van der Waals surface area contributed by atoms with Crippen molar-refractivity contribution in [1.29, 1.82) is 0 Å². The van der Waals surface area contributed by atoms with Crippen LogP contribution in [0.15, 0.2) is 46.8 Å². The highest BCUT2D eigenvalue weighted by Gasteiger charge is 2.13. The van der Waals surface area contributed by atoms with Crippen molar-refractivity contribution in [3.05, 3.63) is 41.9 Å². The van der Waals surface area contributed by atoms with Gasteiger partial charge in [-0.2, -0.15) is 0 Å². The van der Waals surface area contributed by atoms with E-state index in [1.165, 1.54) is 12.1 Å². The molecule has 0 bridgehead atoms. The zero-order chi connectivity index (χ0) is 18.0. The lowest BCUT2D eigenvalue weighted by molar-refractivity contribution is 0.470. The molecule has 0 aromatic heterocycles. The van der Waals surface area contributed by atoms with E-state index in [1.54, 1.807) is 19.2 Å². The summed E-state index contributed by atoms with van der Waals surface area (Å²) in [6, 6.07) is 6.17. The lowest BCUT2D eigenvalue weighted by Gasteiger charge is -2.21. The Labute approximate surface area is 172 Å². The van der Waals surface area contributed by atoms with Crippen molar-refractivity contribution in [3.8, 4) is 0 Å². The van der Waals surface area contributed by atoms with Crippen LogP contribution < -0.4 is 10.0 Å². The van der Waals surface area contributed by atoms with Gasteiger partial charge in [0.2, 0.25) is 10.0 Å². The maximum absolute atomic E-state index is 12.2. The van der Waals surface area contributed by atoms with Crippen molar-refractivity contribution < 1.29 is 8.42 Å². The highest BCUT2D eigenvalue weighted by atomic mass is 127. The lowest BCUT2D eigenvalue weighted by Crippen LogP contribution is -2.42. The number of guanidine groups is 1. The number of halogens is 2. The Morgan fingerprint density at radius 2 is 2.12 bits per heavy atom. The molecule has 0 amide bonds. The molecule has 0 atom stereocenters. The summed E-state index contributed by atoms with van der Waals surface area (Å²) in [5.41, 5.74) is 0. The molecule has 0 unspecified atom stereocenters. The van der Waals surface area contributed by atoms with Crippen LogP contribution in [0.1, 0.15) is 12.8 Å². The van der Waals surface area contributed by atoms with Gasteiger partial charge in [-0.1, -0.05) is 23.7 Å². The fraction of sp³-hybridized carbons (Fsp3) is 0.438. The molecule has 0 aliphatic carbocycles. The summed E-state index contributed by atoms with van der Waals surface area (Å²) >= 11 is 5.83. The Balaban J connectivity index is 0.00000576. The molecule has 0 fully saturated rings. The Bertz CT molecular complexity index is 668. The SMILES string of the molecule is C=CCCCN(C)C(=NC)NCCNS(=O)(=O)c1cccc(Cl)c1.I. The van der Waals surface area contributed by atoms with Crippen LogP contribution in [0.5, 0.6) is 0 Å². The fourth-order valence-electron chi connectivity index (χ4n) is 2.04. The van der Waals surface area contributed by atoms with Gasteiger partial charge >= 0.3 is 0 Å².